The molecule has 0 spiro atoms. The molecule has 0 bridgehead atoms. The molecule has 0 aromatic heterocycles. The normalized spacial score (nSPS) is 24.5. The monoisotopic (exact) mass is 417 g/mol. The first-order valence-corrected chi connectivity index (χ1v) is 9.42. The van der Waals surface area contributed by atoms with Crippen LogP contribution in [0.25, 0.3) is 0 Å². The second kappa shape index (κ2) is 6.30. The highest BCUT2D eigenvalue weighted by Gasteiger charge is 2.41. The lowest BCUT2D eigenvalue weighted by Crippen LogP contribution is -2.29. The fraction of sp³-hybridized carbons (Fsp3) is 0.222. The van der Waals surface area contributed by atoms with Crippen molar-refractivity contribution < 1.29 is 0 Å². The highest BCUT2D eigenvalue weighted by molar-refractivity contribution is 6.45. The van der Waals surface area contributed by atoms with Gasteiger partial charge in [-0.1, -0.05) is 82.3 Å². The van der Waals surface area contributed by atoms with Crippen LogP contribution in [0.2, 0.25) is 25.1 Å². The zero-order valence-electron chi connectivity index (χ0n) is 12.3. The minimum absolute atomic E-state index is 0.00144. The van der Waals surface area contributed by atoms with Crippen molar-refractivity contribution in [1.82, 2.24) is 0 Å². The van der Waals surface area contributed by atoms with Crippen LogP contribution in [0.1, 0.15) is 29.5 Å². The number of anilines is 1. The van der Waals surface area contributed by atoms with E-state index >= 15 is 0 Å². The molecule has 2 aliphatic rings. The third kappa shape index (κ3) is 2.53. The molecule has 1 aliphatic carbocycles. The topological polar surface area (TPSA) is 12.0 Å². The first kappa shape index (κ1) is 16.9. The Labute approximate surface area is 165 Å². The van der Waals surface area contributed by atoms with E-state index < -0.39 is 0 Å². The van der Waals surface area contributed by atoms with Crippen molar-refractivity contribution in [2.75, 3.05) is 5.32 Å². The first-order chi connectivity index (χ1) is 11.5. The van der Waals surface area contributed by atoms with E-state index in [-0.39, 0.29) is 17.9 Å². The first-order valence-electron chi connectivity index (χ1n) is 7.53. The van der Waals surface area contributed by atoms with Gasteiger partial charge < -0.3 is 5.32 Å². The van der Waals surface area contributed by atoms with Gasteiger partial charge in [0.1, 0.15) is 0 Å². The summed E-state index contributed by atoms with van der Waals surface area (Å²) < 4.78 is 0. The molecule has 24 heavy (non-hydrogen) atoms. The van der Waals surface area contributed by atoms with Crippen LogP contribution in [0, 0.1) is 5.92 Å². The van der Waals surface area contributed by atoms with E-state index in [0.29, 0.717) is 25.1 Å². The van der Waals surface area contributed by atoms with Gasteiger partial charge in [0.15, 0.2) is 0 Å². The van der Waals surface area contributed by atoms with Gasteiger partial charge in [0.2, 0.25) is 0 Å². The fourth-order valence-electron chi connectivity index (χ4n) is 3.73. The molecule has 1 heterocycles. The molecule has 2 aromatic rings. The Bertz CT molecular complexity index is 861. The third-order valence-electron chi connectivity index (χ3n) is 4.80. The second-order valence-corrected chi connectivity index (χ2v) is 8.04. The van der Waals surface area contributed by atoms with Crippen LogP contribution in [0.4, 0.5) is 5.69 Å². The number of halogens is 5. The number of hydrogen-bond donors (Lipinski definition) is 1. The van der Waals surface area contributed by atoms with Crippen LogP contribution in [0.15, 0.2) is 36.4 Å². The summed E-state index contributed by atoms with van der Waals surface area (Å²) in [5, 5.41) is 6.23. The van der Waals surface area contributed by atoms with Crippen LogP contribution in [0.3, 0.4) is 0 Å². The highest BCUT2D eigenvalue weighted by atomic mass is 35.5. The standard InChI is InChI=1S/C18H12Cl5N/c19-11-6-2-5-10(15(11)22)17-9-4-1-3-8(9)14-16(23)12(20)7-13(21)18(14)24-17/h1-3,5-9,17,24H,4H2/t8-,9-,17-/m1/s1. The molecule has 1 aliphatic heterocycles. The van der Waals surface area contributed by atoms with Crippen LogP contribution >= 0.6 is 58.0 Å². The molecule has 1 N–H and O–H groups in total. The van der Waals surface area contributed by atoms with E-state index in [9.17, 15) is 0 Å². The lowest BCUT2D eigenvalue weighted by atomic mass is 9.77. The van der Waals surface area contributed by atoms with Gasteiger partial charge in [0.05, 0.1) is 36.8 Å². The molecule has 6 heteroatoms. The van der Waals surface area contributed by atoms with Crippen molar-refractivity contribution in [3.63, 3.8) is 0 Å². The average Bonchev–Trinajstić information content (AvgIpc) is 3.04. The number of rotatable bonds is 1. The largest absolute Gasteiger partial charge is 0.376 e. The number of nitrogens with one attached hydrogen (secondary N) is 1. The van der Waals surface area contributed by atoms with E-state index in [1.54, 1.807) is 12.1 Å². The van der Waals surface area contributed by atoms with Crippen LogP contribution in [-0.4, -0.2) is 0 Å². The van der Waals surface area contributed by atoms with Crippen molar-refractivity contribution >= 4 is 63.7 Å². The lowest BCUT2D eigenvalue weighted by Gasteiger charge is -2.39. The Morgan fingerprint density at radius 1 is 0.917 bits per heavy atom. The predicted octanol–water partition coefficient (Wildman–Crippen LogP) is 7.78. The molecular formula is C18H12Cl5N. The summed E-state index contributed by atoms with van der Waals surface area (Å²) in [5.41, 5.74) is 2.75. The Kier molecular flexibility index (Phi) is 4.43. The van der Waals surface area contributed by atoms with Crippen LogP contribution in [-0.2, 0) is 0 Å². The average molecular weight is 420 g/mol. The SMILES string of the molecule is Clc1cccc([C@@H]2Nc3c(Cl)cc(Cl)c(Cl)c3[C@@H]3C=CC[C@H]32)c1Cl. The smallest absolute Gasteiger partial charge is 0.0656 e. The zero-order chi connectivity index (χ0) is 17.0. The number of benzene rings is 2. The zero-order valence-corrected chi connectivity index (χ0v) is 16.1. The van der Waals surface area contributed by atoms with Gasteiger partial charge in [-0.15, -0.1) is 0 Å². The molecule has 3 atom stereocenters. The van der Waals surface area contributed by atoms with Crippen molar-refractivity contribution in [3.05, 3.63) is 72.7 Å². The predicted molar refractivity (Wildman–Crippen MR) is 104 cm³/mol. The summed E-state index contributed by atoms with van der Waals surface area (Å²) in [4.78, 5) is 0. The van der Waals surface area contributed by atoms with Gasteiger partial charge >= 0.3 is 0 Å². The second-order valence-electron chi connectivity index (χ2n) is 6.06. The van der Waals surface area contributed by atoms with Gasteiger partial charge in [0.25, 0.3) is 0 Å². The molecule has 124 valence electrons. The number of fused-ring (bicyclic) bond motifs is 3. The van der Waals surface area contributed by atoms with Gasteiger partial charge in [-0.3, -0.25) is 0 Å². The van der Waals surface area contributed by atoms with Crippen molar-refractivity contribution in [3.8, 4) is 0 Å². The van der Waals surface area contributed by atoms with E-state index in [4.69, 9.17) is 58.0 Å². The van der Waals surface area contributed by atoms with Crippen molar-refractivity contribution in [2.45, 2.75) is 18.4 Å². The van der Waals surface area contributed by atoms with Gasteiger partial charge in [0, 0.05) is 11.5 Å². The summed E-state index contributed by atoms with van der Waals surface area (Å²) in [5.74, 6) is 0.422. The summed E-state index contributed by atoms with van der Waals surface area (Å²) in [6, 6.07) is 7.37. The van der Waals surface area contributed by atoms with E-state index in [1.807, 2.05) is 12.1 Å². The van der Waals surface area contributed by atoms with Gasteiger partial charge in [-0.2, -0.15) is 0 Å². The fourth-order valence-corrected chi connectivity index (χ4v) is 4.96. The highest BCUT2D eigenvalue weighted by Crippen LogP contribution is 2.55. The van der Waals surface area contributed by atoms with Crippen molar-refractivity contribution in [1.29, 1.82) is 0 Å². The summed E-state index contributed by atoms with van der Waals surface area (Å²) in [6.07, 6.45) is 5.27. The van der Waals surface area contributed by atoms with E-state index in [2.05, 4.69) is 17.5 Å². The third-order valence-corrected chi connectivity index (χ3v) is 6.73. The van der Waals surface area contributed by atoms with E-state index in [1.165, 1.54) is 0 Å². The lowest BCUT2D eigenvalue weighted by molar-refractivity contribution is 0.426. The Balaban J connectivity index is 1.90. The minimum Gasteiger partial charge on any atom is -0.376 e. The molecular weight excluding hydrogens is 407 g/mol. The quantitative estimate of drug-likeness (QED) is 0.367. The maximum atomic E-state index is 6.49. The Hall–Kier alpha value is -0.570. The number of allylic oxidation sites excluding steroid dienone is 2. The van der Waals surface area contributed by atoms with Gasteiger partial charge in [-0.05, 0) is 30.0 Å². The summed E-state index contributed by atoms with van der Waals surface area (Å²) in [7, 11) is 0. The molecule has 0 saturated heterocycles. The van der Waals surface area contributed by atoms with E-state index in [0.717, 1.165) is 23.2 Å². The number of hydrogen-bond acceptors (Lipinski definition) is 1. The molecule has 2 aromatic carbocycles. The van der Waals surface area contributed by atoms with Crippen LogP contribution < -0.4 is 5.32 Å². The Morgan fingerprint density at radius 3 is 2.50 bits per heavy atom. The summed E-state index contributed by atoms with van der Waals surface area (Å²) >= 11 is 31.8. The molecule has 0 fully saturated rings. The molecule has 0 amide bonds. The summed E-state index contributed by atoms with van der Waals surface area (Å²) in [6.45, 7) is 0. The molecule has 0 radical (unpaired) electrons. The minimum atomic E-state index is -0.00144. The Morgan fingerprint density at radius 2 is 1.71 bits per heavy atom. The van der Waals surface area contributed by atoms with Crippen molar-refractivity contribution in [2.24, 2.45) is 5.92 Å². The maximum absolute atomic E-state index is 6.49. The molecule has 0 saturated carbocycles. The van der Waals surface area contributed by atoms with Crippen LogP contribution in [0.5, 0.6) is 0 Å². The molecule has 4 rings (SSSR count). The van der Waals surface area contributed by atoms with Gasteiger partial charge in [-0.25, -0.2) is 0 Å². The maximum Gasteiger partial charge on any atom is 0.0656 e. The molecule has 0 unspecified atom stereocenters. The molecule has 1 nitrogen and oxygen atoms in total.